The molecule has 1 atom stereocenters. The summed E-state index contributed by atoms with van der Waals surface area (Å²) in [4.78, 5) is 15.7. The molecule has 1 saturated carbocycles. The number of fused-ring (bicyclic) bond motifs is 3. The first-order valence-corrected chi connectivity index (χ1v) is 13.2. The van der Waals surface area contributed by atoms with Gasteiger partial charge in [0, 0.05) is 24.1 Å². The van der Waals surface area contributed by atoms with E-state index in [1.807, 2.05) is 4.90 Å². The second-order valence-electron chi connectivity index (χ2n) is 9.21. The Hall–Kier alpha value is -2.58. The van der Waals surface area contributed by atoms with E-state index in [0.29, 0.717) is 31.9 Å². The Kier molecular flexibility index (Phi) is 5.61. The summed E-state index contributed by atoms with van der Waals surface area (Å²) in [5, 5.41) is 0. The van der Waals surface area contributed by atoms with Crippen molar-refractivity contribution in [1.29, 1.82) is 0 Å². The summed E-state index contributed by atoms with van der Waals surface area (Å²) >= 11 is 0. The van der Waals surface area contributed by atoms with Crippen molar-refractivity contribution in [2.45, 2.75) is 55.9 Å². The number of sulfonamides is 1. The zero-order valence-electron chi connectivity index (χ0n) is 19.1. The maximum Gasteiger partial charge on any atom is 0.254 e. The molecule has 2 heterocycles. The average Bonchev–Trinajstić information content (AvgIpc) is 3.29. The molecule has 1 unspecified atom stereocenters. The summed E-state index contributed by atoms with van der Waals surface area (Å²) in [5.74, 6) is 1.46. The lowest BCUT2D eigenvalue weighted by Crippen LogP contribution is -2.48. The van der Waals surface area contributed by atoms with Crippen LogP contribution in [0.15, 0.2) is 41.3 Å². The molecule has 1 fully saturated rings. The summed E-state index contributed by atoms with van der Waals surface area (Å²) in [6.45, 7) is 5.83. The summed E-state index contributed by atoms with van der Waals surface area (Å²) in [6.07, 6.45) is 4.36. The molecule has 2 aromatic carbocycles. The Morgan fingerprint density at radius 2 is 1.73 bits per heavy atom. The van der Waals surface area contributed by atoms with Crippen LogP contribution in [0.3, 0.4) is 0 Å². The van der Waals surface area contributed by atoms with Gasteiger partial charge < -0.3 is 14.4 Å². The highest BCUT2D eigenvalue weighted by atomic mass is 32.2. The van der Waals surface area contributed by atoms with Gasteiger partial charge in [-0.2, -0.15) is 0 Å². The number of hydrogen-bond acceptors (Lipinski definition) is 5. The second kappa shape index (κ2) is 8.33. The molecule has 0 aromatic heterocycles. The number of amides is 1. The zero-order valence-corrected chi connectivity index (χ0v) is 19.9. The van der Waals surface area contributed by atoms with Crippen molar-refractivity contribution in [1.82, 2.24) is 9.62 Å². The molecule has 0 radical (unpaired) electrons. The SMILES string of the molecule is CCNS(=O)(=O)c1ccc(C(=O)N2CC3(CCCC3)c3cc4c(cc3C2C)OCCO4)cc1. The number of hydrogen-bond donors (Lipinski definition) is 1. The van der Waals surface area contributed by atoms with E-state index in [9.17, 15) is 13.2 Å². The van der Waals surface area contributed by atoms with Gasteiger partial charge in [0.2, 0.25) is 10.0 Å². The van der Waals surface area contributed by atoms with Crippen LogP contribution in [0.2, 0.25) is 0 Å². The minimum absolute atomic E-state index is 0.0817. The summed E-state index contributed by atoms with van der Waals surface area (Å²) in [5.41, 5.74) is 2.81. The fraction of sp³-hybridized carbons (Fsp3) is 0.480. The molecule has 0 saturated heterocycles. The number of benzene rings is 2. The zero-order chi connectivity index (χ0) is 23.2. The molecule has 176 valence electrons. The minimum Gasteiger partial charge on any atom is -0.486 e. The summed E-state index contributed by atoms with van der Waals surface area (Å²) in [7, 11) is -3.56. The first kappa shape index (κ1) is 22.2. The maximum absolute atomic E-state index is 13.6. The topological polar surface area (TPSA) is 84.9 Å². The number of carbonyl (C=O) groups excluding carboxylic acids is 1. The third kappa shape index (κ3) is 3.79. The maximum atomic E-state index is 13.6. The number of nitrogens with one attached hydrogen (secondary N) is 1. The van der Waals surface area contributed by atoms with Gasteiger partial charge in [0.25, 0.3) is 5.91 Å². The molecule has 5 rings (SSSR count). The van der Waals surface area contributed by atoms with Gasteiger partial charge in [-0.3, -0.25) is 4.79 Å². The third-order valence-electron chi connectivity index (χ3n) is 7.24. The number of carbonyl (C=O) groups is 1. The van der Waals surface area contributed by atoms with Crippen molar-refractivity contribution in [3.05, 3.63) is 53.1 Å². The Balaban J connectivity index is 1.50. The van der Waals surface area contributed by atoms with Crippen LogP contribution >= 0.6 is 0 Å². The van der Waals surface area contributed by atoms with Gasteiger partial charge in [0.15, 0.2) is 11.5 Å². The van der Waals surface area contributed by atoms with E-state index < -0.39 is 10.0 Å². The minimum atomic E-state index is -3.56. The van der Waals surface area contributed by atoms with Gasteiger partial charge in [0.05, 0.1) is 10.9 Å². The van der Waals surface area contributed by atoms with E-state index in [-0.39, 0.29) is 22.3 Å². The smallest absolute Gasteiger partial charge is 0.254 e. The van der Waals surface area contributed by atoms with E-state index >= 15 is 0 Å². The second-order valence-corrected chi connectivity index (χ2v) is 11.0. The molecular formula is C25H30N2O5S. The van der Waals surface area contributed by atoms with E-state index in [1.54, 1.807) is 19.1 Å². The molecule has 7 nitrogen and oxygen atoms in total. The normalized spacial score (nSPS) is 21.2. The van der Waals surface area contributed by atoms with Crippen LogP contribution < -0.4 is 14.2 Å². The van der Waals surface area contributed by atoms with Crippen LogP contribution in [0, 0.1) is 0 Å². The van der Waals surface area contributed by atoms with Gasteiger partial charge in [-0.15, -0.1) is 0 Å². The molecular weight excluding hydrogens is 440 g/mol. The summed E-state index contributed by atoms with van der Waals surface area (Å²) in [6, 6.07) is 10.3. The Labute approximate surface area is 195 Å². The fourth-order valence-electron chi connectivity index (χ4n) is 5.57. The largest absolute Gasteiger partial charge is 0.486 e. The van der Waals surface area contributed by atoms with Crippen molar-refractivity contribution >= 4 is 15.9 Å². The molecule has 2 aromatic rings. The van der Waals surface area contributed by atoms with Crippen molar-refractivity contribution in [3.63, 3.8) is 0 Å². The third-order valence-corrected chi connectivity index (χ3v) is 8.81. The molecule has 33 heavy (non-hydrogen) atoms. The average molecular weight is 471 g/mol. The predicted octanol–water partition coefficient (Wildman–Crippen LogP) is 3.78. The highest BCUT2D eigenvalue weighted by Crippen LogP contribution is 2.52. The van der Waals surface area contributed by atoms with Crippen molar-refractivity contribution in [2.75, 3.05) is 26.3 Å². The molecule has 0 bridgehead atoms. The highest BCUT2D eigenvalue weighted by molar-refractivity contribution is 7.89. The molecule has 2 aliphatic heterocycles. The lowest BCUT2D eigenvalue weighted by molar-refractivity contribution is 0.0593. The van der Waals surface area contributed by atoms with E-state index in [2.05, 4.69) is 23.8 Å². The monoisotopic (exact) mass is 470 g/mol. The van der Waals surface area contributed by atoms with Gasteiger partial charge in [-0.05, 0) is 67.3 Å². The number of ether oxygens (including phenoxy) is 2. The lowest BCUT2D eigenvalue weighted by Gasteiger charge is -2.46. The molecule has 8 heteroatoms. The Morgan fingerprint density at radius 3 is 2.36 bits per heavy atom. The van der Waals surface area contributed by atoms with E-state index in [4.69, 9.17) is 9.47 Å². The fourth-order valence-corrected chi connectivity index (χ4v) is 6.61. The van der Waals surface area contributed by atoms with Gasteiger partial charge >= 0.3 is 0 Å². The first-order chi connectivity index (χ1) is 15.8. The van der Waals surface area contributed by atoms with Crippen LogP contribution in [-0.2, 0) is 15.4 Å². The van der Waals surface area contributed by atoms with Crippen LogP contribution in [0.1, 0.15) is 67.1 Å². The summed E-state index contributed by atoms with van der Waals surface area (Å²) < 4.78 is 38.7. The van der Waals surface area contributed by atoms with Crippen LogP contribution in [0.25, 0.3) is 0 Å². The van der Waals surface area contributed by atoms with Gasteiger partial charge in [-0.25, -0.2) is 13.1 Å². The molecule has 3 aliphatic rings. The van der Waals surface area contributed by atoms with Crippen molar-refractivity contribution < 1.29 is 22.7 Å². The highest BCUT2D eigenvalue weighted by Gasteiger charge is 2.46. The van der Waals surface area contributed by atoms with Gasteiger partial charge in [-0.1, -0.05) is 19.8 Å². The van der Waals surface area contributed by atoms with E-state index in [1.165, 1.54) is 17.7 Å². The van der Waals surface area contributed by atoms with Gasteiger partial charge in [0.1, 0.15) is 13.2 Å². The van der Waals surface area contributed by atoms with E-state index in [0.717, 1.165) is 42.7 Å². The number of nitrogens with zero attached hydrogens (tertiary/aromatic N) is 1. The predicted molar refractivity (Wildman–Crippen MR) is 124 cm³/mol. The molecule has 1 amide bonds. The molecule has 1 aliphatic carbocycles. The Morgan fingerprint density at radius 1 is 1.09 bits per heavy atom. The lowest BCUT2D eigenvalue weighted by atomic mass is 9.71. The first-order valence-electron chi connectivity index (χ1n) is 11.7. The quantitative estimate of drug-likeness (QED) is 0.735. The Bertz CT molecular complexity index is 1170. The van der Waals surface area contributed by atoms with Crippen LogP contribution in [0.4, 0.5) is 0 Å². The van der Waals surface area contributed by atoms with Crippen LogP contribution in [0.5, 0.6) is 11.5 Å². The van der Waals surface area contributed by atoms with Crippen molar-refractivity contribution in [2.24, 2.45) is 0 Å². The van der Waals surface area contributed by atoms with Crippen molar-refractivity contribution in [3.8, 4) is 11.5 Å². The number of rotatable bonds is 4. The molecule has 1 N–H and O–H groups in total. The van der Waals surface area contributed by atoms with Crippen LogP contribution in [-0.4, -0.2) is 45.5 Å². The molecule has 1 spiro atoms. The standard InChI is InChI=1S/C25H30N2O5S/c1-3-26-33(29,30)19-8-6-18(7-9-19)24(28)27-16-25(10-4-5-11-25)21-15-23-22(31-12-13-32-23)14-20(21)17(27)2/h6-9,14-15,17,26H,3-5,10-13,16H2,1-2H3.